The number of aliphatic hydroxyl groups is 2. The van der Waals surface area contributed by atoms with Gasteiger partial charge in [-0.2, -0.15) is 0 Å². The second kappa shape index (κ2) is 17.3. The van der Waals surface area contributed by atoms with Crippen LogP contribution in [0, 0.1) is 12.7 Å². The molecule has 4 aromatic rings. The number of rotatable bonds is 7. The van der Waals surface area contributed by atoms with E-state index in [-0.39, 0.29) is 18.0 Å². The Kier molecular flexibility index (Phi) is 12.9. The fraction of sp³-hybridized carbons (Fsp3) is 0.395. The summed E-state index contributed by atoms with van der Waals surface area (Å²) >= 11 is 0. The Hall–Kier alpha value is -5.13. The van der Waals surface area contributed by atoms with E-state index in [0.29, 0.717) is 81.3 Å². The molecule has 0 unspecified atom stereocenters. The molecule has 0 spiro atoms. The lowest BCUT2D eigenvalue weighted by Crippen LogP contribution is -2.46. The molecule has 2 fully saturated rings. The molecule has 288 valence electrons. The molecule has 54 heavy (non-hydrogen) atoms. The van der Waals surface area contributed by atoms with Crippen molar-refractivity contribution in [3.8, 4) is 23.0 Å². The van der Waals surface area contributed by atoms with Gasteiger partial charge in [0.15, 0.2) is 0 Å². The number of hydrogen-bond donors (Lipinski definition) is 2. The molecule has 2 aliphatic heterocycles. The fourth-order valence-electron chi connectivity index (χ4n) is 6.44. The number of para-hydroxylation sites is 2. The third-order valence-electron chi connectivity index (χ3n) is 9.43. The monoisotopic (exact) mass is 742 g/mol. The van der Waals surface area contributed by atoms with Crippen LogP contribution in [0.2, 0.25) is 0 Å². The predicted octanol–water partition coefficient (Wildman–Crippen LogP) is 9.06. The van der Waals surface area contributed by atoms with Crippen LogP contribution in [-0.2, 0) is 20.7 Å². The normalized spacial score (nSPS) is 16.4. The number of carbonyl (C=O) groups excluding carboxylic acids is 2. The van der Waals surface area contributed by atoms with Crippen molar-refractivity contribution in [3.63, 3.8) is 0 Å². The first-order valence-electron chi connectivity index (χ1n) is 18.4. The number of carbonyl (C=O) groups is 2. The summed E-state index contributed by atoms with van der Waals surface area (Å²) in [6.07, 6.45) is 0.941. The molecule has 2 saturated heterocycles. The van der Waals surface area contributed by atoms with Crippen LogP contribution in [0.5, 0.6) is 23.0 Å². The largest absolute Gasteiger partial charge is 0.457 e. The molecular formula is C43H51FN2O8. The minimum absolute atomic E-state index is 0.327. The molecule has 0 radical (unpaired) electrons. The minimum Gasteiger partial charge on any atom is -0.457 e. The van der Waals surface area contributed by atoms with Crippen LogP contribution in [0.3, 0.4) is 0 Å². The van der Waals surface area contributed by atoms with Gasteiger partial charge in [-0.3, -0.25) is 0 Å². The zero-order valence-electron chi connectivity index (χ0n) is 31.7. The Morgan fingerprint density at radius 1 is 0.667 bits per heavy atom. The van der Waals surface area contributed by atoms with Crippen molar-refractivity contribution in [2.75, 3.05) is 32.8 Å². The molecule has 0 atom stereocenters. The van der Waals surface area contributed by atoms with Gasteiger partial charge in [-0.15, -0.1) is 0 Å². The highest BCUT2D eigenvalue weighted by atomic mass is 19.1. The van der Waals surface area contributed by atoms with E-state index in [1.54, 1.807) is 34.9 Å². The number of amides is 2. The number of piperidine rings is 2. The van der Waals surface area contributed by atoms with Crippen molar-refractivity contribution in [2.45, 2.75) is 77.1 Å². The third-order valence-corrected chi connectivity index (χ3v) is 9.43. The van der Waals surface area contributed by atoms with Crippen LogP contribution >= 0.6 is 0 Å². The first-order valence-corrected chi connectivity index (χ1v) is 18.4. The van der Waals surface area contributed by atoms with Crippen LogP contribution in [0.25, 0.3) is 0 Å². The van der Waals surface area contributed by atoms with Gasteiger partial charge in [-0.05, 0) is 109 Å². The number of halogens is 1. The first kappa shape index (κ1) is 40.1. The Labute approximate surface area is 317 Å². The molecule has 10 nitrogen and oxygen atoms in total. The first-order chi connectivity index (χ1) is 25.7. The average molecular weight is 743 g/mol. The Morgan fingerprint density at radius 3 is 1.50 bits per heavy atom. The lowest BCUT2D eigenvalue weighted by atomic mass is 9.84. The number of ether oxygens (including phenoxy) is 4. The second-order valence-electron chi connectivity index (χ2n) is 14.7. The summed E-state index contributed by atoms with van der Waals surface area (Å²) in [5.41, 5.74) is -0.0975. The summed E-state index contributed by atoms with van der Waals surface area (Å²) in [4.78, 5) is 27.4. The van der Waals surface area contributed by atoms with Crippen LogP contribution in [0.4, 0.5) is 14.0 Å². The van der Waals surface area contributed by atoms with Gasteiger partial charge in [-0.25, -0.2) is 14.0 Å². The molecule has 2 heterocycles. The van der Waals surface area contributed by atoms with Gasteiger partial charge in [-0.1, -0.05) is 54.1 Å². The van der Waals surface area contributed by atoms with Crippen LogP contribution in [0.15, 0.2) is 97.1 Å². The maximum absolute atomic E-state index is 13.1. The smallest absolute Gasteiger partial charge is 0.410 e. The highest BCUT2D eigenvalue weighted by molar-refractivity contribution is 5.68. The molecule has 2 N–H and O–H groups in total. The summed E-state index contributed by atoms with van der Waals surface area (Å²) in [6, 6.07) is 28.4. The Morgan fingerprint density at radius 2 is 1.07 bits per heavy atom. The van der Waals surface area contributed by atoms with Crippen molar-refractivity contribution >= 4 is 12.2 Å². The Bertz CT molecular complexity index is 1840. The van der Waals surface area contributed by atoms with Crippen LogP contribution < -0.4 is 9.47 Å². The summed E-state index contributed by atoms with van der Waals surface area (Å²) in [5.74, 6) is 2.04. The summed E-state index contributed by atoms with van der Waals surface area (Å²) in [5, 5.41) is 22.5. The van der Waals surface area contributed by atoms with Crippen LogP contribution in [0.1, 0.15) is 70.1 Å². The van der Waals surface area contributed by atoms with Gasteiger partial charge < -0.3 is 39.0 Å². The Balaban J connectivity index is 0.000000208. The molecule has 11 heteroatoms. The molecule has 2 aliphatic rings. The molecule has 6 rings (SSSR count). The maximum Gasteiger partial charge on any atom is 0.410 e. The standard InChI is InChI=1S/C23H29NO4.C20H22FNO4/c1-17-9-11-18(12-10-17)27-20-8-6-5-7-19(20)23(26)13-15-24(16-14-23)21(25)28-22(2,3)4;1-2-25-19(23)22-13-11-20(24,12-14-22)17-5-3-4-6-18(17)26-16-9-7-15(21)8-10-16/h5-12,26H,13-16H2,1-4H3;3-10,24H,2,11-14H2,1H3. The zero-order valence-corrected chi connectivity index (χ0v) is 31.7. The fourth-order valence-corrected chi connectivity index (χ4v) is 6.44. The summed E-state index contributed by atoms with van der Waals surface area (Å²) < 4.78 is 35.5. The third kappa shape index (κ3) is 10.5. The van der Waals surface area contributed by atoms with Gasteiger partial charge in [0.25, 0.3) is 0 Å². The maximum atomic E-state index is 13.1. The molecule has 4 aromatic carbocycles. The molecule has 0 bridgehead atoms. The number of benzene rings is 4. The predicted molar refractivity (Wildman–Crippen MR) is 203 cm³/mol. The highest BCUT2D eigenvalue weighted by Gasteiger charge is 2.39. The van der Waals surface area contributed by atoms with Gasteiger partial charge in [0.1, 0.15) is 34.4 Å². The number of likely N-dealkylation sites (tertiary alicyclic amines) is 2. The molecule has 2 amide bonds. The lowest BCUT2D eigenvalue weighted by molar-refractivity contribution is -0.0365. The van der Waals surface area contributed by atoms with Crippen LogP contribution in [-0.4, -0.2) is 70.6 Å². The van der Waals surface area contributed by atoms with E-state index in [1.165, 1.54) is 12.1 Å². The van der Waals surface area contributed by atoms with E-state index in [1.807, 2.05) is 94.4 Å². The topological polar surface area (TPSA) is 118 Å². The SMILES string of the molecule is CCOC(=O)N1CCC(O)(c2ccccc2Oc2ccc(F)cc2)CC1.Cc1ccc(Oc2ccccc2C2(O)CCN(C(=O)OC(C)(C)C)CC2)cc1. The van der Waals surface area contributed by atoms with Crippen molar-refractivity contribution in [1.29, 1.82) is 0 Å². The van der Waals surface area contributed by atoms with Crippen molar-refractivity contribution in [1.82, 2.24) is 9.80 Å². The van der Waals surface area contributed by atoms with Crippen molar-refractivity contribution < 1.29 is 43.1 Å². The van der Waals surface area contributed by atoms with E-state index in [9.17, 15) is 24.2 Å². The van der Waals surface area contributed by atoms with Crippen molar-refractivity contribution in [3.05, 3.63) is 120 Å². The lowest BCUT2D eigenvalue weighted by Gasteiger charge is -2.39. The summed E-state index contributed by atoms with van der Waals surface area (Å²) in [6.45, 7) is 11.3. The number of hydrogen-bond acceptors (Lipinski definition) is 8. The van der Waals surface area contributed by atoms with E-state index in [4.69, 9.17) is 18.9 Å². The minimum atomic E-state index is -1.10. The molecule has 0 saturated carbocycles. The van der Waals surface area contributed by atoms with E-state index in [0.717, 1.165) is 16.9 Å². The highest BCUT2D eigenvalue weighted by Crippen LogP contribution is 2.41. The average Bonchev–Trinajstić information content (AvgIpc) is 3.14. The van der Waals surface area contributed by atoms with Gasteiger partial charge >= 0.3 is 12.2 Å². The number of nitrogens with zero attached hydrogens (tertiary/aromatic N) is 2. The zero-order chi connectivity index (χ0) is 38.9. The summed E-state index contributed by atoms with van der Waals surface area (Å²) in [7, 11) is 0. The number of aryl methyl sites for hydroxylation is 1. The molecule has 0 aliphatic carbocycles. The van der Waals surface area contributed by atoms with E-state index >= 15 is 0 Å². The quantitative estimate of drug-likeness (QED) is 0.193. The second-order valence-corrected chi connectivity index (χ2v) is 14.7. The van der Waals surface area contributed by atoms with E-state index in [2.05, 4.69) is 0 Å². The molecular weight excluding hydrogens is 691 g/mol. The van der Waals surface area contributed by atoms with Crippen molar-refractivity contribution in [2.24, 2.45) is 0 Å². The van der Waals surface area contributed by atoms with Gasteiger partial charge in [0.05, 0.1) is 17.8 Å². The molecule has 0 aromatic heterocycles. The van der Waals surface area contributed by atoms with Gasteiger partial charge in [0.2, 0.25) is 0 Å². The van der Waals surface area contributed by atoms with E-state index < -0.39 is 16.8 Å². The van der Waals surface area contributed by atoms with Gasteiger partial charge in [0, 0.05) is 37.3 Å².